The van der Waals surface area contributed by atoms with Gasteiger partial charge in [0.25, 0.3) is 5.91 Å². The molecule has 1 unspecified atom stereocenters. The molecule has 25 heavy (non-hydrogen) atoms. The molecular formula is C20H22ClN3O. The van der Waals surface area contributed by atoms with Crippen LogP contribution in [0.1, 0.15) is 41.4 Å². The molecule has 0 heterocycles. The minimum absolute atomic E-state index is 0.00759. The van der Waals surface area contributed by atoms with Gasteiger partial charge in [0, 0.05) is 17.1 Å². The lowest BCUT2D eigenvalue weighted by atomic mass is 10.0. The molecule has 130 valence electrons. The minimum Gasteiger partial charge on any atom is -0.350 e. The van der Waals surface area contributed by atoms with Crippen LogP contribution in [0.2, 0.25) is 5.02 Å². The molecule has 1 atom stereocenters. The van der Waals surface area contributed by atoms with E-state index in [1.807, 2.05) is 24.3 Å². The third kappa shape index (κ3) is 4.82. The Morgan fingerprint density at radius 2 is 1.92 bits per heavy atom. The van der Waals surface area contributed by atoms with Gasteiger partial charge in [0.15, 0.2) is 0 Å². The van der Waals surface area contributed by atoms with Crippen molar-refractivity contribution in [3.05, 3.63) is 70.2 Å². The van der Waals surface area contributed by atoms with Crippen LogP contribution in [0.5, 0.6) is 0 Å². The molecule has 0 bridgehead atoms. The zero-order valence-corrected chi connectivity index (χ0v) is 15.3. The largest absolute Gasteiger partial charge is 0.350 e. The fraction of sp³-hybridized carbons (Fsp3) is 0.300. The van der Waals surface area contributed by atoms with Gasteiger partial charge in [-0.1, -0.05) is 49.7 Å². The van der Waals surface area contributed by atoms with Gasteiger partial charge in [-0.05, 0) is 42.9 Å². The van der Waals surface area contributed by atoms with Crippen molar-refractivity contribution in [3.8, 4) is 6.07 Å². The second kappa shape index (κ2) is 9.22. The monoisotopic (exact) mass is 355 g/mol. The minimum atomic E-state index is -0.193. The van der Waals surface area contributed by atoms with Crippen LogP contribution in [0.25, 0.3) is 0 Å². The average Bonchev–Trinajstić information content (AvgIpc) is 2.65. The van der Waals surface area contributed by atoms with Gasteiger partial charge in [-0.25, -0.2) is 0 Å². The molecule has 0 aliphatic heterocycles. The summed E-state index contributed by atoms with van der Waals surface area (Å²) in [5, 5.41) is 12.6. The van der Waals surface area contributed by atoms with Gasteiger partial charge in [0.05, 0.1) is 17.7 Å². The highest BCUT2D eigenvalue weighted by atomic mass is 35.5. The maximum Gasteiger partial charge on any atom is 0.251 e. The molecule has 0 spiro atoms. The van der Waals surface area contributed by atoms with E-state index in [1.165, 1.54) is 0 Å². The molecule has 5 heteroatoms. The molecule has 0 radical (unpaired) electrons. The number of halogens is 1. The molecule has 0 aromatic heterocycles. The number of likely N-dealkylation sites (N-methyl/N-ethyl adjacent to an activating group) is 1. The molecule has 0 aliphatic rings. The fourth-order valence-electron chi connectivity index (χ4n) is 2.87. The third-order valence-corrected chi connectivity index (χ3v) is 4.57. The molecule has 0 fully saturated rings. The van der Waals surface area contributed by atoms with Crippen LogP contribution in [-0.4, -0.2) is 30.4 Å². The summed E-state index contributed by atoms with van der Waals surface area (Å²) < 4.78 is 0. The highest BCUT2D eigenvalue weighted by Gasteiger charge is 2.21. The number of hydrogen-bond acceptors (Lipinski definition) is 3. The quantitative estimate of drug-likeness (QED) is 0.815. The smallest absolute Gasteiger partial charge is 0.251 e. The van der Waals surface area contributed by atoms with Crippen LogP contribution in [0.15, 0.2) is 48.5 Å². The number of hydrogen-bond donors (Lipinski definition) is 1. The number of carbonyl (C=O) groups excluding carboxylic acids is 1. The summed E-state index contributed by atoms with van der Waals surface area (Å²) in [4.78, 5) is 14.7. The fourth-order valence-corrected chi connectivity index (χ4v) is 3.13. The first kappa shape index (κ1) is 19.0. The molecule has 2 aromatic carbocycles. The van der Waals surface area contributed by atoms with Crippen LogP contribution in [0.4, 0.5) is 0 Å². The molecule has 2 rings (SSSR count). The predicted molar refractivity (Wildman–Crippen MR) is 101 cm³/mol. The topological polar surface area (TPSA) is 56.1 Å². The Morgan fingerprint density at radius 1 is 1.20 bits per heavy atom. The predicted octanol–water partition coefficient (Wildman–Crippen LogP) is 4.02. The van der Waals surface area contributed by atoms with Gasteiger partial charge >= 0.3 is 0 Å². The SMILES string of the molecule is CCN(CC)C(CNC(=O)c1cccc(C#N)c1)c1ccccc1Cl. The molecule has 2 aromatic rings. The maximum atomic E-state index is 12.5. The summed E-state index contributed by atoms with van der Waals surface area (Å²) >= 11 is 6.37. The summed E-state index contributed by atoms with van der Waals surface area (Å²) in [6, 6.07) is 16.5. The first-order valence-electron chi connectivity index (χ1n) is 8.37. The highest BCUT2D eigenvalue weighted by Crippen LogP contribution is 2.27. The van der Waals surface area contributed by atoms with Gasteiger partial charge in [0.2, 0.25) is 0 Å². The van der Waals surface area contributed by atoms with Crippen molar-refractivity contribution in [2.24, 2.45) is 0 Å². The van der Waals surface area contributed by atoms with E-state index in [-0.39, 0.29) is 11.9 Å². The van der Waals surface area contributed by atoms with E-state index < -0.39 is 0 Å². The standard InChI is InChI=1S/C20H22ClN3O/c1-3-24(4-2)19(17-10-5-6-11-18(17)21)14-23-20(25)16-9-7-8-15(12-16)13-22/h5-12,19H,3-4,14H2,1-2H3,(H,23,25). The van der Waals surface area contributed by atoms with Gasteiger partial charge in [-0.15, -0.1) is 0 Å². The van der Waals surface area contributed by atoms with E-state index in [0.717, 1.165) is 18.7 Å². The average molecular weight is 356 g/mol. The number of carbonyl (C=O) groups is 1. The summed E-state index contributed by atoms with van der Waals surface area (Å²) in [5.41, 5.74) is 1.95. The lowest BCUT2D eigenvalue weighted by Gasteiger charge is -2.31. The van der Waals surface area contributed by atoms with E-state index in [4.69, 9.17) is 16.9 Å². The summed E-state index contributed by atoms with van der Waals surface area (Å²) in [6.45, 7) is 6.33. The Labute approximate surface area is 154 Å². The van der Waals surface area contributed by atoms with Crippen molar-refractivity contribution in [1.82, 2.24) is 10.2 Å². The van der Waals surface area contributed by atoms with Gasteiger partial charge in [-0.2, -0.15) is 5.26 Å². The van der Waals surface area contributed by atoms with Gasteiger partial charge in [-0.3, -0.25) is 9.69 Å². The second-order valence-corrected chi connectivity index (χ2v) is 6.07. The number of amides is 1. The number of rotatable bonds is 7. The van der Waals surface area contributed by atoms with Crippen LogP contribution >= 0.6 is 11.6 Å². The van der Waals surface area contributed by atoms with Gasteiger partial charge < -0.3 is 5.32 Å². The van der Waals surface area contributed by atoms with Crippen LogP contribution in [0.3, 0.4) is 0 Å². The van der Waals surface area contributed by atoms with Crippen LogP contribution in [-0.2, 0) is 0 Å². The number of nitriles is 1. The van der Waals surface area contributed by atoms with E-state index in [2.05, 4.69) is 30.1 Å². The van der Waals surface area contributed by atoms with Gasteiger partial charge in [0.1, 0.15) is 0 Å². The Hall–Kier alpha value is -2.35. The molecular weight excluding hydrogens is 334 g/mol. The molecule has 1 N–H and O–H groups in total. The van der Waals surface area contributed by atoms with Crippen LogP contribution < -0.4 is 5.32 Å². The second-order valence-electron chi connectivity index (χ2n) is 5.66. The van der Waals surface area contributed by atoms with Crippen molar-refractivity contribution in [2.75, 3.05) is 19.6 Å². The van der Waals surface area contributed by atoms with Crippen molar-refractivity contribution in [2.45, 2.75) is 19.9 Å². The molecule has 0 aliphatic carbocycles. The van der Waals surface area contributed by atoms with E-state index >= 15 is 0 Å². The zero-order chi connectivity index (χ0) is 18.2. The Kier molecular flexibility index (Phi) is 7.00. The number of nitrogens with one attached hydrogen (secondary N) is 1. The molecule has 4 nitrogen and oxygen atoms in total. The first-order chi connectivity index (χ1) is 12.1. The molecule has 0 saturated carbocycles. The Morgan fingerprint density at radius 3 is 2.56 bits per heavy atom. The van der Waals surface area contributed by atoms with Crippen molar-refractivity contribution < 1.29 is 4.79 Å². The van der Waals surface area contributed by atoms with Crippen LogP contribution in [0, 0.1) is 11.3 Å². The summed E-state index contributed by atoms with van der Waals surface area (Å²) in [5.74, 6) is -0.193. The lowest BCUT2D eigenvalue weighted by molar-refractivity contribution is 0.0935. The van der Waals surface area contributed by atoms with Crippen molar-refractivity contribution in [3.63, 3.8) is 0 Å². The Balaban J connectivity index is 2.18. The molecule has 0 saturated heterocycles. The third-order valence-electron chi connectivity index (χ3n) is 4.23. The zero-order valence-electron chi connectivity index (χ0n) is 14.5. The summed E-state index contributed by atoms with van der Waals surface area (Å²) in [6.07, 6.45) is 0. The van der Waals surface area contributed by atoms with E-state index in [0.29, 0.717) is 22.7 Å². The number of benzene rings is 2. The van der Waals surface area contributed by atoms with Crippen molar-refractivity contribution >= 4 is 17.5 Å². The highest BCUT2D eigenvalue weighted by molar-refractivity contribution is 6.31. The lowest BCUT2D eigenvalue weighted by Crippen LogP contribution is -2.38. The van der Waals surface area contributed by atoms with Crippen molar-refractivity contribution in [1.29, 1.82) is 5.26 Å². The molecule has 1 amide bonds. The summed E-state index contributed by atoms with van der Waals surface area (Å²) in [7, 11) is 0. The Bertz CT molecular complexity index is 766. The first-order valence-corrected chi connectivity index (χ1v) is 8.75. The van der Waals surface area contributed by atoms with E-state index in [9.17, 15) is 4.79 Å². The maximum absolute atomic E-state index is 12.5. The van der Waals surface area contributed by atoms with E-state index in [1.54, 1.807) is 24.3 Å². The number of nitrogens with zero attached hydrogens (tertiary/aromatic N) is 2. The normalized spacial score (nSPS) is 11.8.